The third-order valence-electron chi connectivity index (χ3n) is 9.46. The average molecular weight is 614 g/mol. The van der Waals surface area contributed by atoms with Gasteiger partial charge in [0.1, 0.15) is 22.6 Å². The predicted molar refractivity (Wildman–Crippen MR) is 171 cm³/mol. The standard InChI is InChI=1S/C34H43N7O4/c1-18(35)24-11-9-21-13-27(39(31(21)36-24)17-20-7-8-20)30-19(2)40-28(38-30)14-22(15-29(40)44-6)32(42)41-23-10-12-26(41)25(16-23)37-33(43)45-34(3,4)5/h9,11,13-15,18,20,23,25-26H,7-8,10,12,16-17,35H2,1-6H3,(H,37,43)/t18-,23?,25-,26?/m1/s1. The summed E-state index contributed by atoms with van der Waals surface area (Å²) in [7, 11) is 1.62. The summed E-state index contributed by atoms with van der Waals surface area (Å²) in [6.07, 6.45) is 4.45. The van der Waals surface area contributed by atoms with Gasteiger partial charge in [0.05, 0.1) is 36.3 Å². The number of imidazole rings is 1. The maximum Gasteiger partial charge on any atom is 0.407 e. The van der Waals surface area contributed by atoms with Crippen molar-refractivity contribution in [1.29, 1.82) is 0 Å². The number of nitrogens with two attached hydrogens (primary N) is 1. The number of nitrogens with one attached hydrogen (secondary N) is 1. The third-order valence-corrected chi connectivity index (χ3v) is 9.46. The maximum absolute atomic E-state index is 14.1. The van der Waals surface area contributed by atoms with Crippen molar-refractivity contribution in [2.24, 2.45) is 11.7 Å². The number of carbonyl (C=O) groups is 2. The molecule has 45 heavy (non-hydrogen) atoms. The minimum Gasteiger partial charge on any atom is -0.482 e. The molecule has 2 amide bonds. The number of methoxy groups -OCH3 is 1. The quantitative estimate of drug-likeness (QED) is 0.287. The number of aryl methyl sites for hydroxylation is 1. The maximum atomic E-state index is 14.1. The largest absolute Gasteiger partial charge is 0.482 e. The molecule has 0 radical (unpaired) electrons. The van der Waals surface area contributed by atoms with Crippen LogP contribution in [0.25, 0.3) is 28.1 Å². The van der Waals surface area contributed by atoms with E-state index in [9.17, 15) is 9.59 Å². The summed E-state index contributed by atoms with van der Waals surface area (Å²) >= 11 is 0. The molecule has 0 spiro atoms. The van der Waals surface area contributed by atoms with Gasteiger partial charge in [-0.15, -0.1) is 0 Å². The van der Waals surface area contributed by atoms with Gasteiger partial charge in [0.15, 0.2) is 5.88 Å². The van der Waals surface area contributed by atoms with E-state index < -0.39 is 11.7 Å². The van der Waals surface area contributed by atoms with Gasteiger partial charge in [0, 0.05) is 35.6 Å². The monoisotopic (exact) mass is 613 g/mol. The molecule has 4 aromatic heterocycles. The van der Waals surface area contributed by atoms with Crippen LogP contribution in [0.2, 0.25) is 0 Å². The fraction of sp³-hybridized carbons (Fsp3) is 0.529. The highest BCUT2D eigenvalue weighted by molar-refractivity contribution is 5.97. The molecule has 4 atom stereocenters. The van der Waals surface area contributed by atoms with Crippen LogP contribution in [0.15, 0.2) is 30.3 Å². The van der Waals surface area contributed by atoms with Crippen molar-refractivity contribution < 1.29 is 19.1 Å². The Kier molecular flexibility index (Phi) is 7.07. The minimum atomic E-state index is -0.584. The van der Waals surface area contributed by atoms with Crippen LogP contribution in [0.5, 0.6) is 5.88 Å². The van der Waals surface area contributed by atoms with Crippen LogP contribution in [0.3, 0.4) is 0 Å². The van der Waals surface area contributed by atoms with E-state index in [-0.39, 0.29) is 30.1 Å². The zero-order valence-corrected chi connectivity index (χ0v) is 27.0. The Balaban J connectivity index is 1.24. The highest BCUT2D eigenvalue weighted by Crippen LogP contribution is 2.40. The zero-order chi connectivity index (χ0) is 31.8. The highest BCUT2D eigenvalue weighted by Gasteiger charge is 2.49. The second-order valence-electron chi connectivity index (χ2n) is 14.0. The topological polar surface area (TPSA) is 129 Å². The molecule has 4 aromatic rings. The number of nitrogens with zero attached hydrogens (tertiary/aromatic N) is 5. The van der Waals surface area contributed by atoms with Gasteiger partial charge in [-0.3, -0.25) is 9.20 Å². The van der Waals surface area contributed by atoms with Gasteiger partial charge in [-0.1, -0.05) is 0 Å². The molecule has 2 saturated heterocycles. The molecule has 1 aliphatic carbocycles. The van der Waals surface area contributed by atoms with Crippen molar-refractivity contribution in [2.45, 2.75) is 103 Å². The average Bonchev–Trinajstić information content (AvgIpc) is 3.29. The van der Waals surface area contributed by atoms with Gasteiger partial charge >= 0.3 is 6.09 Å². The summed E-state index contributed by atoms with van der Waals surface area (Å²) in [5.74, 6) is 1.10. The molecule has 2 bridgehead atoms. The van der Waals surface area contributed by atoms with Crippen molar-refractivity contribution in [2.75, 3.05) is 7.11 Å². The first-order chi connectivity index (χ1) is 21.4. The first kappa shape index (κ1) is 29.6. The van der Waals surface area contributed by atoms with Crippen LogP contribution < -0.4 is 15.8 Å². The van der Waals surface area contributed by atoms with Gasteiger partial charge in [0.2, 0.25) is 0 Å². The van der Waals surface area contributed by atoms with Crippen LogP contribution in [0.4, 0.5) is 4.79 Å². The van der Waals surface area contributed by atoms with Crippen LogP contribution in [0.1, 0.15) is 87.6 Å². The number of alkyl carbamates (subject to hydrolysis) is 1. The van der Waals surface area contributed by atoms with E-state index >= 15 is 0 Å². The Labute approximate surface area is 263 Å². The summed E-state index contributed by atoms with van der Waals surface area (Å²) in [5.41, 5.74) is 11.3. The van der Waals surface area contributed by atoms with Gasteiger partial charge in [-0.05, 0) is 96.9 Å². The molecule has 7 rings (SSSR count). The lowest BCUT2D eigenvalue weighted by molar-refractivity contribution is 0.0484. The number of fused-ring (bicyclic) bond motifs is 4. The fourth-order valence-electron chi connectivity index (χ4n) is 7.20. The number of hydrogen-bond donors (Lipinski definition) is 2. The van der Waals surface area contributed by atoms with Crippen molar-refractivity contribution in [3.63, 3.8) is 0 Å². The highest BCUT2D eigenvalue weighted by atomic mass is 16.6. The molecule has 6 heterocycles. The van der Waals surface area contributed by atoms with Gasteiger partial charge < -0.3 is 30.0 Å². The van der Waals surface area contributed by atoms with Crippen molar-refractivity contribution >= 4 is 28.7 Å². The van der Waals surface area contributed by atoms with E-state index in [1.165, 1.54) is 12.8 Å². The lowest BCUT2D eigenvalue weighted by Gasteiger charge is -2.27. The second-order valence-corrected chi connectivity index (χ2v) is 14.0. The SMILES string of the molecule is COc1cc(C(=O)N2C3CCC2[C@H](NC(=O)OC(C)(C)C)C3)cc2nc(-c3cc4ccc([C@@H](C)N)nc4n3CC3CC3)c(C)n12. The lowest BCUT2D eigenvalue weighted by Crippen LogP contribution is -2.46. The lowest BCUT2D eigenvalue weighted by atomic mass is 9.96. The Morgan fingerprint density at radius 2 is 1.89 bits per heavy atom. The molecule has 11 heteroatoms. The van der Waals surface area contributed by atoms with Gasteiger partial charge in [-0.25, -0.2) is 14.8 Å². The molecule has 2 unspecified atom stereocenters. The number of hydrogen-bond acceptors (Lipinski definition) is 7. The molecular formula is C34H43N7O4. The van der Waals surface area contributed by atoms with E-state index in [1.807, 2.05) is 56.1 Å². The van der Waals surface area contributed by atoms with E-state index in [1.54, 1.807) is 13.2 Å². The van der Waals surface area contributed by atoms with Crippen molar-refractivity contribution in [1.82, 2.24) is 29.2 Å². The molecule has 3 fully saturated rings. The number of amides is 2. The van der Waals surface area contributed by atoms with Crippen LogP contribution >= 0.6 is 0 Å². The number of ether oxygens (including phenoxy) is 2. The summed E-state index contributed by atoms with van der Waals surface area (Å²) in [5, 5.41) is 4.07. The Morgan fingerprint density at radius 1 is 1.11 bits per heavy atom. The molecule has 1 saturated carbocycles. The normalized spacial score (nSPS) is 21.9. The number of carbonyl (C=O) groups excluding carboxylic acids is 2. The molecule has 3 aliphatic rings. The molecule has 238 valence electrons. The smallest absolute Gasteiger partial charge is 0.407 e. The number of aromatic nitrogens is 4. The van der Waals surface area contributed by atoms with Crippen molar-refractivity contribution in [3.05, 3.63) is 47.3 Å². The fourth-order valence-corrected chi connectivity index (χ4v) is 7.20. The van der Waals surface area contributed by atoms with Gasteiger partial charge in [-0.2, -0.15) is 0 Å². The second kappa shape index (κ2) is 10.8. The minimum absolute atomic E-state index is 0.0634. The van der Waals surface area contributed by atoms with E-state index in [0.717, 1.165) is 53.2 Å². The van der Waals surface area contributed by atoms with Gasteiger partial charge in [0.25, 0.3) is 5.91 Å². The van der Waals surface area contributed by atoms with Crippen LogP contribution in [-0.4, -0.2) is 66.7 Å². The first-order valence-corrected chi connectivity index (χ1v) is 16.1. The Hall–Kier alpha value is -4.12. The Morgan fingerprint density at radius 3 is 2.58 bits per heavy atom. The van der Waals surface area contributed by atoms with E-state index in [0.29, 0.717) is 29.4 Å². The van der Waals surface area contributed by atoms with Crippen molar-refractivity contribution in [3.8, 4) is 17.3 Å². The Bertz CT molecular complexity index is 1810. The van der Waals surface area contributed by atoms with Crippen LogP contribution in [-0.2, 0) is 11.3 Å². The van der Waals surface area contributed by atoms with E-state index in [4.69, 9.17) is 25.2 Å². The molecule has 0 aromatic carbocycles. The molecule has 11 nitrogen and oxygen atoms in total. The number of pyridine rings is 2. The first-order valence-electron chi connectivity index (χ1n) is 16.1. The van der Waals surface area contributed by atoms with Crippen LogP contribution in [0, 0.1) is 12.8 Å². The van der Waals surface area contributed by atoms with E-state index in [2.05, 4.69) is 22.0 Å². The number of rotatable bonds is 7. The zero-order valence-electron chi connectivity index (χ0n) is 27.0. The molecular weight excluding hydrogens is 570 g/mol. The summed E-state index contributed by atoms with van der Waals surface area (Å²) < 4.78 is 15.6. The summed E-state index contributed by atoms with van der Waals surface area (Å²) in [6.45, 7) is 10.4. The summed E-state index contributed by atoms with van der Waals surface area (Å²) in [6, 6.07) is 9.58. The molecule has 2 aliphatic heterocycles. The predicted octanol–water partition coefficient (Wildman–Crippen LogP) is 5.37. The third kappa shape index (κ3) is 5.30. The molecule has 3 N–H and O–H groups in total. The summed E-state index contributed by atoms with van der Waals surface area (Å²) in [4.78, 5) is 38.6.